The molecular formula is C14H14FN3O2S. The molecule has 110 valence electrons. The van der Waals surface area contributed by atoms with Gasteiger partial charge in [0.25, 0.3) is 0 Å². The predicted octanol–water partition coefficient (Wildman–Crippen LogP) is 2.43. The van der Waals surface area contributed by atoms with Crippen molar-refractivity contribution in [2.45, 2.75) is 6.42 Å². The minimum absolute atomic E-state index is 0.0596. The summed E-state index contributed by atoms with van der Waals surface area (Å²) in [5.74, 6) is -2.14. The minimum Gasteiger partial charge on any atom is -0.409 e. The molecule has 0 saturated carbocycles. The van der Waals surface area contributed by atoms with Crippen molar-refractivity contribution < 1.29 is 14.4 Å². The van der Waals surface area contributed by atoms with Crippen LogP contribution in [0.3, 0.4) is 0 Å². The molecule has 0 radical (unpaired) electrons. The number of amidine groups is 1. The van der Waals surface area contributed by atoms with Crippen molar-refractivity contribution >= 4 is 28.8 Å². The fourth-order valence-corrected chi connectivity index (χ4v) is 2.57. The predicted molar refractivity (Wildman–Crippen MR) is 80.0 cm³/mol. The highest BCUT2D eigenvalue weighted by Gasteiger charge is 2.25. The van der Waals surface area contributed by atoms with Crippen molar-refractivity contribution in [1.29, 1.82) is 0 Å². The number of thiophene rings is 1. The molecule has 5 nitrogen and oxygen atoms in total. The Morgan fingerprint density at radius 3 is 2.76 bits per heavy atom. The minimum atomic E-state index is -0.867. The zero-order valence-electron chi connectivity index (χ0n) is 11.0. The molecule has 7 heteroatoms. The lowest BCUT2D eigenvalue weighted by molar-refractivity contribution is -0.118. The number of amides is 1. The van der Waals surface area contributed by atoms with Crippen LogP contribution in [-0.2, 0) is 11.2 Å². The molecule has 0 aliphatic rings. The van der Waals surface area contributed by atoms with Crippen LogP contribution < -0.4 is 11.1 Å². The Balaban J connectivity index is 2.17. The monoisotopic (exact) mass is 307 g/mol. The number of anilines is 1. The van der Waals surface area contributed by atoms with Gasteiger partial charge in [-0.25, -0.2) is 4.39 Å². The molecule has 0 spiro atoms. The number of nitrogens with one attached hydrogen (secondary N) is 1. The maximum absolute atomic E-state index is 13.6. The first-order chi connectivity index (χ1) is 10.1. The van der Waals surface area contributed by atoms with Crippen molar-refractivity contribution in [1.82, 2.24) is 0 Å². The molecule has 21 heavy (non-hydrogen) atoms. The van der Waals surface area contributed by atoms with Crippen LogP contribution in [0.1, 0.15) is 4.88 Å². The maximum Gasteiger partial charge on any atom is 0.235 e. The molecule has 1 amide bonds. The van der Waals surface area contributed by atoms with E-state index in [1.165, 1.54) is 29.5 Å². The van der Waals surface area contributed by atoms with Gasteiger partial charge < -0.3 is 16.3 Å². The average Bonchev–Trinajstić information content (AvgIpc) is 2.99. The largest absolute Gasteiger partial charge is 0.409 e. The van der Waals surface area contributed by atoms with E-state index in [1.54, 1.807) is 6.07 Å². The maximum atomic E-state index is 13.6. The molecule has 1 heterocycles. The summed E-state index contributed by atoms with van der Waals surface area (Å²) < 4.78 is 13.6. The van der Waals surface area contributed by atoms with E-state index in [1.807, 2.05) is 17.5 Å². The van der Waals surface area contributed by atoms with Crippen LogP contribution in [0.25, 0.3) is 0 Å². The number of hydrogen-bond acceptors (Lipinski definition) is 4. The van der Waals surface area contributed by atoms with Gasteiger partial charge in [0.15, 0.2) is 5.84 Å². The van der Waals surface area contributed by atoms with Crippen LogP contribution in [0.5, 0.6) is 0 Å². The van der Waals surface area contributed by atoms with Crippen LogP contribution in [0, 0.1) is 11.7 Å². The van der Waals surface area contributed by atoms with E-state index in [-0.39, 0.29) is 17.9 Å². The van der Waals surface area contributed by atoms with Crippen molar-refractivity contribution in [2.24, 2.45) is 16.8 Å². The Bertz CT molecular complexity index is 643. The third-order valence-electron chi connectivity index (χ3n) is 2.91. The van der Waals surface area contributed by atoms with E-state index in [0.717, 1.165) is 4.88 Å². The van der Waals surface area contributed by atoms with E-state index in [9.17, 15) is 9.18 Å². The fraction of sp³-hybridized carbons (Fsp3) is 0.143. The van der Waals surface area contributed by atoms with Crippen LogP contribution in [0.4, 0.5) is 10.1 Å². The van der Waals surface area contributed by atoms with Crippen molar-refractivity contribution in [2.75, 3.05) is 5.32 Å². The first-order valence-corrected chi connectivity index (χ1v) is 7.05. The molecule has 0 aliphatic carbocycles. The quantitative estimate of drug-likeness (QED) is 0.343. The number of para-hydroxylation sites is 1. The van der Waals surface area contributed by atoms with Gasteiger partial charge in [-0.2, -0.15) is 0 Å². The first kappa shape index (κ1) is 15.0. The van der Waals surface area contributed by atoms with E-state index in [2.05, 4.69) is 10.5 Å². The second kappa shape index (κ2) is 6.85. The molecule has 0 unspecified atom stereocenters. The number of halogens is 1. The van der Waals surface area contributed by atoms with E-state index >= 15 is 0 Å². The van der Waals surface area contributed by atoms with Gasteiger partial charge >= 0.3 is 0 Å². The van der Waals surface area contributed by atoms with E-state index < -0.39 is 17.6 Å². The van der Waals surface area contributed by atoms with Crippen LogP contribution >= 0.6 is 11.3 Å². The van der Waals surface area contributed by atoms with Crippen molar-refractivity contribution in [3.63, 3.8) is 0 Å². The highest BCUT2D eigenvalue weighted by Crippen LogP contribution is 2.18. The van der Waals surface area contributed by atoms with Crippen LogP contribution in [0.2, 0.25) is 0 Å². The Morgan fingerprint density at radius 1 is 1.38 bits per heavy atom. The smallest absolute Gasteiger partial charge is 0.235 e. The van der Waals surface area contributed by atoms with E-state index in [4.69, 9.17) is 10.9 Å². The summed E-state index contributed by atoms with van der Waals surface area (Å²) in [7, 11) is 0. The summed E-state index contributed by atoms with van der Waals surface area (Å²) in [5.41, 5.74) is 5.64. The highest BCUT2D eigenvalue weighted by atomic mass is 32.1. The topological polar surface area (TPSA) is 87.7 Å². The summed E-state index contributed by atoms with van der Waals surface area (Å²) in [4.78, 5) is 13.2. The summed E-state index contributed by atoms with van der Waals surface area (Å²) in [6.07, 6.45) is 0.286. The number of rotatable bonds is 5. The van der Waals surface area contributed by atoms with Gasteiger partial charge in [-0.15, -0.1) is 11.3 Å². The fourth-order valence-electron chi connectivity index (χ4n) is 1.81. The summed E-state index contributed by atoms with van der Waals surface area (Å²) >= 11 is 1.46. The number of hydrogen-bond donors (Lipinski definition) is 3. The van der Waals surface area contributed by atoms with Gasteiger partial charge in [0, 0.05) is 11.3 Å². The normalized spacial score (nSPS) is 12.9. The SMILES string of the molecule is N/C(=N/O)[C@@H](Cc1cccs1)C(=O)Nc1ccccc1F. The van der Waals surface area contributed by atoms with Gasteiger partial charge in [0.2, 0.25) is 5.91 Å². The van der Waals surface area contributed by atoms with Crippen LogP contribution in [-0.4, -0.2) is 17.0 Å². The lowest BCUT2D eigenvalue weighted by atomic mass is 10.0. The van der Waals surface area contributed by atoms with Gasteiger partial charge in [-0.1, -0.05) is 23.4 Å². The molecule has 2 aromatic rings. The van der Waals surface area contributed by atoms with Gasteiger partial charge in [-0.05, 0) is 23.6 Å². The molecule has 1 aromatic heterocycles. The molecule has 1 aromatic carbocycles. The number of nitrogens with zero attached hydrogens (tertiary/aromatic N) is 1. The number of carbonyl (C=O) groups excluding carboxylic acids is 1. The second-order valence-corrected chi connectivity index (χ2v) is 5.36. The van der Waals surface area contributed by atoms with Crippen LogP contribution in [0.15, 0.2) is 46.9 Å². The number of benzene rings is 1. The molecule has 2 rings (SSSR count). The molecule has 1 atom stereocenters. The molecule has 0 bridgehead atoms. The average molecular weight is 307 g/mol. The summed E-state index contributed by atoms with van der Waals surface area (Å²) in [5, 5.41) is 16.0. The second-order valence-electron chi connectivity index (χ2n) is 4.33. The lowest BCUT2D eigenvalue weighted by Crippen LogP contribution is -2.36. The summed E-state index contributed by atoms with van der Waals surface area (Å²) in [6, 6.07) is 9.51. The standard InChI is InChI=1S/C14H14FN3O2S/c15-11-5-1-2-6-12(11)17-14(19)10(13(16)18-20)8-9-4-3-7-21-9/h1-7,10,20H,8H2,(H2,16,18)(H,17,19)/t10-/m1/s1. The molecular weight excluding hydrogens is 293 g/mol. The molecule has 4 N–H and O–H groups in total. The van der Waals surface area contributed by atoms with Crippen molar-refractivity contribution in [3.8, 4) is 0 Å². The first-order valence-electron chi connectivity index (χ1n) is 6.17. The number of oxime groups is 1. The highest BCUT2D eigenvalue weighted by molar-refractivity contribution is 7.09. The Morgan fingerprint density at radius 2 is 2.14 bits per heavy atom. The van der Waals surface area contributed by atoms with Gasteiger partial charge in [-0.3, -0.25) is 4.79 Å². The van der Waals surface area contributed by atoms with Gasteiger partial charge in [0.1, 0.15) is 11.7 Å². The zero-order chi connectivity index (χ0) is 15.2. The molecule has 0 saturated heterocycles. The summed E-state index contributed by atoms with van der Waals surface area (Å²) in [6.45, 7) is 0. The Hall–Kier alpha value is -2.41. The van der Waals surface area contributed by atoms with Crippen molar-refractivity contribution in [3.05, 3.63) is 52.5 Å². The Kier molecular flexibility index (Phi) is 4.89. The lowest BCUT2D eigenvalue weighted by Gasteiger charge is -2.15. The number of carbonyl (C=O) groups is 1. The van der Waals surface area contributed by atoms with E-state index in [0.29, 0.717) is 0 Å². The third-order valence-corrected chi connectivity index (χ3v) is 3.80. The third kappa shape index (κ3) is 3.79. The number of nitrogens with two attached hydrogens (primary N) is 1. The van der Waals surface area contributed by atoms with Gasteiger partial charge in [0.05, 0.1) is 5.69 Å². The molecule has 0 fully saturated rings. The molecule has 0 aliphatic heterocycles. The Labute approximate surface area is 124 Å². The zero-order valence-corrected chi connectivity index (χ0v) is 11.8.